The first-order valence-electron chi connectivity index (χ1n) is 5.57. The van der Waals surface area contributed by atoms with Crippen LogP contribution in [0, 0.1) is 35.5 Å². The maximum atomic E-state index is 11.0. The van der Waals surface area contributed by atoms with E-state index in [2.05, 4.69) is 35.5 Å². The Morgan fingerprint density at radius 2 is 0.950 bits per heavy atom. The second-order valence-electron chi connectivity index (χ2n) is 3.72. The maximum Gasteiger partial charge on any atom is 0.167 e. The summed E-state index contributed by atoms with van der Waals surface area (Å²) in [7, 11) is 0. The van der Waals surface area contributed by atoms with Crippen molar-refractivity contribution in [3.63, 3.8) is 0 Å². The van der Waals surface area contributed by atoms with E-state index in [0.717, 1.165) is 0 Å². The Bertz CT molecular complexity index is 605. The highest BCUT2D eigenvalue weighted by Gasteiger charge is 1.98. The van der Waals surface area contributed by atoms with E-state index in [1.807, 2.05) is 0 Å². The van der Waals surface area contributed by atoms with Crippen LogP contribution in [0.5, 0.6) is 0 Å². The highest BCUT2D eigenvalue weighted by atomic mass is 16.3. The smallest absolute Gasteiger partial charge is 0.167 e. The van der Waals surface area contributed by atoms with Crippen molar-refractivity contribution in [3.05, 3.63) is 22.7 Å². The third-order valence-electron chi connectivity index (χ3n) is 1.97. The summed E-state index contributed by atoms with van der Waals surface area (Å²) in [5.74, 6) is 12.2. The van der Waals surface area contributed by atoms with Gasteiger partial charge < -0.3 is 10.2 Å². The van der Waals surface area contributed by atoms with E-state index >= 15 is 0 Å². The van der Waals surface area contributed by atoms with Gasteiger partial charge in [-0.15, -0.1) is 11.5 Å². The first kappa shape index (κ1) is 17.1. The number of Topliss-reactive ketones (excluding diaryl/α,β-unsaturated/α-hetero) is 2. The number of hydrogen-bond acceptors (Lipinski definition) is 4. The van der Waals surface area contributed by atoms with Crippen molar-refractivity contribution in [2.24, 2.45) is 0 Å². The molecule has 0 aromatic carbocycles. The predicted octanol–water partition coefficient (Wildman–Crippen LogP) is -0.557. The van der Waals surface area contributed by atoms with Crippen molar-refractivity contribution < 1.29 is 19.8 Å². The summed E-state index contributed by atoms with van der Waals surface area (Å²) in [6.07, 6.45) is 0. The molecule has 0 spiro atoms. The molecule has 0 bridgehead atoms. The summed E-state index contributed by atoms with van der Waals surface area (Å²) in [6, 6.07) is 0. The third-order valence-corrected chi connectivity index (χ3v) is 1.97. The quantitative estimate of drug-likeness (QED) is 0.382. The Morgan fingerprint density at radius 3 is 1.15 bits per heavy atom. The van der Waals surface area contributed by atoms with Gasteiger partial charge in [0.25, 0.3) is 0 Å². The Morgan fingerprint density at radius 1 is 0.650 bits per heavy atom. The number of rotatable bonds is 2. The number of allylic oxidation sites excluding steroid dienone is 4. The van der Waals surface area contributed by atoms with Crippen molar-refractivity contribution >= 4 is 11.6 Å². The highest BCUT2D eigenvalue weighted by Crippen LogP contribution is 1.98. The topological polar surface area (TPSA) is 80.3 Å². The molecule has 0 saturated carbocycles. The Kier molecular flexibility index (Phi) is 7.05. The van der Waals surface area contributed by atoms with E-state index in [4.69, 9.17) is 0 Å². The van der Waals surface area contributed by atoms with Gasteiger partial charge in [-0.05, 0) is 37.5 Å². The molecule has 20 heavy (non-hydrogen) atoms. The molecule has 0 aromatic rings. The zero-order chi connectivity index (χ0) is 15.7. The molecule has 0 unspecified atom stereocenters. The molecule has 4 nitrogen and oxygen atoms in total. The van der Waals surface area contributed by atoms with Gasteiger partial charge in [0, 0.05) is 0 Å². The van der Waals surface area contributed by atoms with E-state index in [1.54, 1.807) is 0 Å². The molecule has 0 aliphatic heterocycles. The number of carbonyl (C=O) groups excluding carboxylic acids is 2. The molecule has 0 atom stereocenters. The first-order valence-corrected chi connectivity index (χ1v) is 5.57. The number of carbonyl (C=O) groups is 2. The van der Waals surface area contributed by atoms with Gasteiger partial charge in [0.05, 0.1) is 11.1 Å². The van der Waals surface area contributed by atoms with Crippen molar-refractivity contribution in [3.8, 4) is 35.5 Å². The standard InChI is InChI=1S/C16H14O4/c1-11(17)15(12(2)18)9-7-5-6-8-10-16(13(3)19)14(4)20/h17,19H,1-4H3/p-2/b15-11-,16-13+. The molecule has 0 rings (SSSR count). The number of hydrogen-bond donors (Lipinski definition) is 0. The fourth-order valence-corrected chi connectivity index (χ4v) is 1.10. The van der Waals surface area contributed by atoms with Crippen LogP contribution < -0.4 is 10.2 Å². The summed E-state index contributed by atoms with van der Waals surface area (Å²) in [4.78, 5) is 22.1. The van der Waals surface area contributed by atoms with Crippen molar-refractivity contribution in [1.82, 2.24) is 0 Å². The lowest BCUT2D eigenvalue weighted by atomic mass is 10.1. The van der Waals surface area contributed by atoms with Gasteiger partial charge in [0.2, 0.25) is 0 Å². The minimum absolute atomic E-state index is 0.132. The van der Waals surface area contributed by atoms with E-state index in [0.29, 0.717) is 0 Å². The first-order chi connectivity index (χ1) is 9.27. The molecule has 0 fully saturated rings. The van der Waals surface area contributed by atoms with E-state index < -0.39 is 23.1 Å². The third kappa shape index (κ3) is 6.15. The van der Waals surface area contributed by atoms with Gasteiger partial charge in [0.15, 0.2) is 11.6 Å². The van der Waals surface area contributed by atoms with Gasteiger partial charge in [-0.1, -0.05) is 25.7 Å². The van der Waals surface area contributed by atoms with Crippen LogP contribution in [0.2, 0.25) is 0 Å². The SMILES string of the molecule is CC(=O)/C(C#CC#CC#C/C(C(C)=O)=C(/C)[O-])=C(/C)[O-]. The predicted molar refractivity (Wildman–Crippen MR) is 70.1 cm³/mol. The summed E-state index contributed by atoms with van der Waals surface area (Å²) in [5, 5.41) is 22.1. The maximum absolute atomic E-state index is 11.0. The van der Waals surface area contributed by atoms with E-state index in [1.165, 1.54) is 27.7 Å². The van der Waals surface area contributed by atoms with Crippen LogP contribution in [0.1, 0.15) is 27.7 Å². The minimum atomic E-state index is -0.429. The molecule has 0 amide bonds. The van der Waals surface area contributed by atoms with Gasteiger partial charge in [-0.25, -0.2) is 0 Å². The molecule has 4 heteroatoms. The van der Waals surface area contributed by atoms with Gasteiger partial charge in [-0.3, -0.25) is 9.59 Å². The lowest BCUT2D eigenvalue weighted by molar-refractivity contribution is -0.303. The van der Waals surface area contributed by atoms with Crippen molar-refractivity contribution in [2.45, 2.75) is 27.7 Å². The molecule has 0 radical (unpaired) electrons. The second-order valence-corrected chi connectivity index (χ2v) is 3.72. The van der Waals surface area contributed by atoms with Crippen molar-refractivity contribution in [1.29, 1.82) is 0 Å². The lowest BCUT2D eigenvalue weighted by Gasteiger charge is -2.05. The average Bonchev–Trinajstić information content (AvgIpc) is 2.30. The van der Waals surface area contributed by atoms with Crippen molar-refractivity contribution in [2.75, 3.05) is 0 Å². The lowest BCUT2D eigenvalue weighted by Crippen LogP contribution is -2.07. The molecule has 0 aromatic heterocycles. The molecular formula is C16H12O4-2. The zero-order valence-corrected chi connectivity index (χ0v) is 11.6. The van der Waals surface area contributed by atoms with Gasteiger partial charge in [0.1, 0.15) is 0 Å². The summed E-state index contributed by atoms with van der Waals surface area (Å²) < 4.78 is 0. The molecule has 0 aliphatic carbocycles. The van der Waals surface area contributed by atoms with Gasteiger partial charge in [-0.2, -0.15) is 0 Å². The Balaban J connectivity index is 5.12. The van der Waals surface area contributed by atoms with Crippen LogP contribution in [0.3, 0.4) is 0 Å². The average molecular weight is 268 g/mol. The van der Waals surface area contributed by atoms with E-state index in [9.17, 15) is 19.8 Å². The fraction of sp³-hybridized carbons (Fsp3) is 0.250. The molecule has 102 valence electrons. The largest absolute Gasteiger partial charge is 0.875 e. The summed E-state index contributed by atoms with van der Waals surface area (Å²) in [5.41, 5.74) is -0.265. The van der Waals surface area contributed by atoms with Crippen LogP contribution in [-0.4, -0.2) is 11.6 Å². The fourth-order valence-electron chi connectivity index (χ4n) is 1.10. The van der Waals surface area contributed by atoms with Crippen LogP contribution in [-0.2, 0) is 9.59 Å². The van der Waals surface area contributed by atoms with Crippen LogP contribution >= 0.6 is 0 Å². The zero-order valence-electron chi connectivity index (χ0n) is 11.6. The molecule has 0 aliphatic rings. The molecular weight excluding hydrogens is 256 g/mol. The van der Waals surface area contributed by atoms with Gasteiger partial charge >= 0.3 is 0 Å². The summed E-state index contributed by atoms with van der Waals surface area (Å²) >= 11 is 0. The molecule has 0 N–H and O–H groups in total. The van der Waals surface area contributed by atoms with E-state index in [-0.39, 0.29) is 11.1 Å². The monoisotopic (exact) mass is 268 g/mol. The van der Waals surface area contributed by atoms with Crippen LogP contribution in [0.25, 0.3) is 0 Å². The normalized spacial score (nSPS) is 11.2. The molecule has 0 saturated heterocycles. The number of ketones is 2. The van der Waals surface area contributed by atoms with Crippen LogP contribution in [0.15, 0.2) is 22.7 Å². The Hall–Kier alpha value is -2.90. The molecule has 0 heterocycles. The summed E-state index contributed by atoms with van der Waals surface area (Å²) in [6.45, 7) is 4.94. The second kappa shape index (κ2) is 8.25. The van der Waals surface area contributed by atoms with Crippen LogP contribution in [0.4, 0.5) is 0 Å². The Labute approximate surface area is 118 Å². The highest BCUT2D eigenvalue weighted by molar-refractivity contribution is 5.98. The minimum Gasteiger partial charge on any atom is -0.875 e.